The van der Waals surface area contributed by atoms with Crippen LogP contribution in [0.25, 0.3) is 0 Å². The molecule has 1 aliphatic heterocycles. The van der Waals surface area contributed by atoms with Crippen molar-refractivity contribution >= 4 is 29.9 Å². The van der Waals surface area contributed by atoms with Crippen molar-refractivity contribution in [2.45, 2.75) is 18.9 Å². The van der Waals surface area contributed by atoms with Crippen LogP contribution in [0.4, 0.5) is 4.39 Å². The summed E-state index contributed by atoms with van der Waals surface area (Å²) < 4.78 is 25.0. The number of nitrogens with zero attached hydrogens (tertiary/aromatic N) is 3. The summed E-state index contributed by atoms with van der Waals surface area (Å²) in [4.78, 5) is 8.82. The molecule has 1 aliphatic carbocycles. The fourth-order valence-corrected chi connectivity index (χ4v) is 3.48. The first kappa shape index (κ1) is 24.3. The van der Waals surface area contributed by atoms with E-state index in [1.54, 1.807) is 19.2 Å². The molecule has 8 heteroatoms. The zero-order valence-electron chi connectivity index (χ0n) is 17.5. The van der Waals surface area contributed by atoms with Crippen molar-refractivity contribution < 1.29 is 13.9 Å². The van der Waals surface area contributed by atoms with Crippen LogP contribution in [0.2, 0.25) is 0 Å². The Morgan fingerprint density at radius 1 is 1.38 bits per heavy atom. The molecule has 3 rings (SSSR count). The number of nitrogens with one attached hydrogen (secondary N) is 1. The third-order valence-corrected chi connectivity index (χ3v) is 5.37. The number of rotatable bonds is 9. The Balaban J connectivity index is 0.00000300. The van der Waals surface area contributed by atoms with Gasteiger partial charge in [-0.25, -0.2) is 4.39 Å². The quantitative estimate of drug-likeness (QED) is 0.235. The molecule has 2 aliphatic rings. The maximum Gasteiger partial charge on any atom is 0.193 e. The molecule has 0 aromatic heterocycles. The lowest BCUT2D eigenvalue weighted by Gasteiger charge is -2.35. The van der Waals surface area contributed by atoms with Crippen molar-refractivity contribution in [3.05, 3.63) is 35.6 Å². The lowest BCUT2D eigenvalue weighted by molar-refractivity contribution is 0.0168. The SMILES string of the molecule is CN=C(NCC(c1cccc(F)c1)N1CCOCC1)N(C)CCOCC1CC1.I. The zero-order chi connectivity index (χ0) is 19.8. The first-order chi connectivity index (χ1) is 13.7. The van der Waals surface area contributed by atoms with E-state index < -0.39 is 0 Å². The molecular weight excluding hydrogens is 486 g/mol. The van der Waals surface area contributed by atoms with Crippen molar-refractivity contribution in [3.8, 4) is 0 Å². The van der Waals surface area contributed by atoms with E-state index in [-0.39, 0.29) is 35.8 Å². The van der Waals surface area contributed by atoms with Gasteiger partial charge in [0.1, 0.15) is 5.82 Å². The number of halogens is 2. The highest BCUT2D eigenvalue weighted by molar-refractivity contribution is 14.0. The van der Waals surface area contributed by atoms with Gasteiger partial charge >= 0.3 is 0 Å². The van der Waals surface area contributed by atoms with Gasteiger partial charge in [0.15, 0.2) is 5.96 Å². The molecule has 2 fully saturated rings. The van der Waals surface area contributed by atoms with E-state index in [2.05, 4.69) is 20.1 Å². The second kappa shape index (κ2) is 12.7. The Labute approximate surface area is 190 Å². The highest BCUT2D eigenvalue weighted by atomic mass is 127. The number of morpholine rings is 1. The minimum Gasteiger partial charge on any atom is -0.379 e. The number of ether oxygens (including phenoxy) is 2. The van der Waals surface area contributed by atoms with E-state index in [4.69, 9.17) is 9.47 Å². The molecule has 6 nitrogen and oxygen atoms in total. The zero-order valence-corrected chi connectivity index (χ0v) is 19.8. The van der Waals surface area contributed by atoms with E-state index in [0.717, 1.165) is 43.7 Å². The summed E-state index contributed by atoms with van der Waals surface area (Å²) in [6.45, 7) is 6.11. The molecule has 1 heterocycles. The fraction of sp³-hybridized carbons (Fsp3) is 0.667. The van der Waals surface area contributed by atoms with Gasteiger partial charge < -0.3 is 19.7 Å². The predicted octanol–water partition coefficient (Wildman–Crippen LogP) is 2.75. The van der Waals surface area contributed by atoms with Gasteiger partial charge in [0, 0.05) is 46.9 Å². The van der Waals surface area contributed by atoms with Crippen LogP contribution in [0.3, 0.4) is 0 Å². The molecule has 1 unspecified atom stereocenters. The summed E-state index contributed by atoms with van der Waals surface area (Å²) in [5.41, 5.74) is 0.972. The highest BCUT2D eigenvalue weighted by Crippen LogP contribution is 2.28. The number of hydrogen-bond donors (Lipinski definition) is 1. The molecule has 1 aromatic carbocycles. The molecule has 1 saturated carbocycles. The van der Waals surface area contributed by atoms with Gasteiger partial charge in [0.25, 0.3) is 0 Å². The van der Waals surface area contributed by atoms with Gasteiger partial charge in [-0.15, -0.1) is 24.0 Å². The Morgan fingerprint density at radius 2 is 2.14 bits per heavy atom. The van der Waals surface area contributed by atoms with Crippen LogP contribution < -0.4 is 5.32 Å². The van der Waals surface area contributed by atoms with E-state index >= 15 is 0 Å². The molecule has 1 saturated heterocycles. The molecule has 29 heavy (non-hydrogen) atoms. The largest absolute Gasteiger partial charge is 0.379 e. The molecule has 1 N–H and O–H groups in total. The number of hydrogen-bond acceptors (Lipinski definition) is 4. The molecule has 0 bridgehead atoms. The van der Waals surface area contributed by atoms with Crippen molar-refractivity contribution in [2.24, 2.45) is 10.9 Å². The molecule has 0 spiro atoms. The normalized spacial score (nSPS) is 18.8. The molecule has 0 radical (unpaired) electrons. The minimum absolute atomic E-state index is 0. The number of likely N-dealkylation sites (N-methyl/N-ethyl adjacent to an activating group) is 1. The Kier molecular flexibility index (Phi) is 10.6. The lowest BCUT2D eigenvalue weighted by Crippen LogP contribution is -2.47. The Bertz CT molecular complexity index is 639. The van der Waals surface area contributed by atoms with Crippen molar-refractivity contribution in [1.82, 2.24) is 15.1 Å². The number of benzene rings is 1. The summed E-state index contributed by atoms with van der Waals surface area (Å²) in [6, 6.07) is 6.94. The van der Waals surface area contributed by atoms with Crippen LogP contribution in [0.5, 0.6) is 0 Å². The first-order valence-electron chi connectivity index (χ1n) is 10.2. The summed E-state index contributed by atoms with van der Waals surface area (Å²) in [6.07, 6.45) is 2.62. The maximum absolute atomic E-state index is 13.8. The summed E-state index contributed by atoms with van der Waals surface area (Å²) >= 11 is 0. The number of aliphatic imine (C=N–C) groups is 1. The summed E-state index contributed by atoms with van der Waals surface area (Å²) in [5.74, 6) is 1.40. The van der Waals surface area contributed by atoms with Crippen LogP contribution in [-0.2, 0) is 9.47 Å². The second-order valence-electron chi connectivity index (χ2n) is 7.59. The fourth-order valence-electron chi connectivity index (χ4n) is 3.48. The lowest BCUT2D eigenvalue weighted by atomic mass is 10.0. The minimum atomic E-state index is -0.204. The van der Waals surface area contributed by atoms with Crippen LogP contribution in [0.1, 0.15) is 24.4 Å². The molecule has 164 valence electrons. The van der Waals surface area contributed by atoms with E-state index in [1.165, 1.54) is 18.9 Å². The maximum atomic E-state index is 13.8. The van der Waals surface area contributed by atoms with Crippen molar-refractivity contribution in [2.75, 3.05) is 66.7 Å². The highest BCUT2D eigenvalue weighted by Gasteiger charge is 2.24. The van der Waals surface area contributed by atoms with Gasteiger partial charge in [-0.05, 0) is 36.5 Å². The Morgan fingerprint density at radius 3 is 2.79 bits per heavy atom. The first-order valence-corrected chi connectivity index (χ1v) is 10.2. The topological polar surface area (TPSA) is 49.3 Å². The average molecular weight is 520 g/mol. The van der Waals surface area contributed by atoms with Crippen LogP contribution in [0, 0.1) is 11.7 Å². The third-order valence-electron chi connectivity index (χ3n) is 5.37. The van der Waals surface area contributed by atoms with E-state index in [9.17, 15) is 4.39 Å². The van der Waals surface area contributed by atoms with Gasteiger partial charge in [0.05, 0.1) is 25.9 Å². The predicted molar refractivity (Wildman–Crippen MR) is 124 cm³/mol. The smallest absolute Gasteiger partial charge is 0.193 e. The average Bonchev–Trinajstić information content (AvgIpc) is 3.54. The van der Waals surface area contributed by atoms with E-state index in [0.29, 0.717) is 26.4 Å². The van der Waals surface area contributed by atoms with Crippen molar-refractivity contribution in [1.29, 1.82) is 0 Å². The van der Waals surface area contributed by atoms with Crippen molar-refractivity contribution in [3.63, 3.8) is 0 Å². The van der Waals surface area contributed by atoms with Crippen LogP contribution in [0.15, 0.2) is 29.3 Å². The molecular formula is C21H34FIN4O2. The molecule has 1 atom stereocenters. The monoisotopic (exact) mass is 520 g/mol. The molecule has 1 aromatic rings. The third kappa shape index (κ3) is 7.99. The standard InChI is InChI=1S/C21H33FN4O2.HI/c1-23-21(25(2)8-11-28-16-17-6-7-17)24-15-20(26-9-12-27-13-10-26)18-4-3-5-19(22)14-18;/h3-5,14,17,20H,6-13,15-16H2,1-2H3,(H,23,24);1H. The van der Waals surface area contributed by atoms with Gasteiger partial charge in [-0.1, -0.05) is 12.1 Å². The Hall–Kier alpha value is -0.970. The number of guanidine groups is 1. The van der Waals surface area contributed by atoms with E-state index in [1.807, 2.05) is 13.1 Å². The second-order valence-corrected chi connectivity index (χ2v) is 7.59. The van der Waals surface area contributed by atoms with Crippen LogP contribution in [-0.4, -0.2) is 82.5 Å². The van der Waals surface area contributed by atoms with Gasteiger partial charge in [-0.2, -0.15) is 0 Å². The van der Waals surface area contributed by atoms with Gasteiger partial charge in [-0.3, -0.25) is 9.89 Å². The van der Waals surface area contributed by atoms with Crippen LogP contribution >= 0.6 is 24.0 Å². The molecule has 0 amide bonds. The summed E-state index contributed by atoms with van der Waals surface area (Å²) in [7, 11) is 3.80. The summed E-state index contributed by atoms with van der Waals surface area (Å²) in [5, 5.41) is 3.46. The van der Waals surface area contributed by atoms with Gasteiger partial charge in [0.2, 0.25) is 0 Å².